The summed E-state index contributed by atoms with van der Waals surface area (Å²) in [5.74, 6) is 1.18. The van der Waals surface area contributed by atoms with Gasteiger partial charge in [-0.05, 0) is 43.4 Å². The van der Waals surface area contributed by atoms with Crippen molar-refractivity contribution in [1.82, 2.24) is 5.32 Å². The van der Waals surface area contributed by atoms with Gasteiger partial charge in [0.2, 0.25) is 0 Å². The van der Waals surface area contributed by atoms with Gasteiger partial charge >= 0.3 is 0 Å². The molecule has 21 heavy (non-hydrogen) atoms. The van der Waals surface area contributed by atoms with Gasteiger partial charge in [0.1, 0.15) is 18.2 Å². The van der Waals surface area contributed by atoms with Crippen molar-refractivity contribution in [1.29, 1.82) is 0 Å². The summed E-state index contributed by atoms with van der Waals surface area (Å²) in [7, 11) is 0. The molecule has 1 aliphatic carbocycles. The Morgan fingerprint density at radius 3 is 2.76 bits per heavy atom. The number of rotatable bonds is 10. The molecule has 1 fully saturated rings. The normalized spacial score (nSPS) is 14.7. The lowest BCUT2D eigenvalue weighted by Crippen LogP contribution is -2.17. The third-order valence-corrected chi connectivity index (χ3v) is 3.51. The standard InChI is InChI=1S/C17H26FNO2/c1-13(2)7-8-20-9-10-21-17-6-3-15(18)11-14(17)12-19-16-4-5-16/h3,6,11,13,16,19H,4-5,7-10,12H2,1-2H3. The van der Waals surface area contributed by atoms with Crippen LogP contribution in [0.1, 0.15) is 38.7 Å². The van der Waals surface area contributed by atoms with Crippen molar-refractivity contribution < 1.29 is 13.9 Å². The molecule has 0 heterocycles. The van der Waals surface area contributed by atoms with Gasteiger partial charge in [0.25, 0.3) is 0 Å². The molecule has 1 aromatic carbocycles. The van der Waals surface area contributed by atoms with Crippen LogP contribution in [0.4, 0.5) is 4.39 Å². The number of hydrogen-bond acceptors (Lipinski definition) is 3. The van der Waals surface area contributed by atoms with Crippen LogP contribution >= 0.6 is 0 Å². The summed E-state index contributed by atoms with van der Waals surface area (Å²) in [5, 5.41) is 3.39. The highest BCUT2D eigenvalue weighted by atomic mass is 19.1. The number of benzene rings is 1. The van der Waals surface area contributed by atoms with Gasteiger partial charge in [0.05, 0.1) is 6.61 Å². The fourth-order valence-corrected chi connectivity index (χ4v) is 2.00. The lowest BCUT2D eigenvalue weighted by atomic mass is 10.1. The summed E-state index contributed by atoms with van der Waals surface area (Å²) >= 11 is 0. The van der Waals surface area contributed by atoms with E-state index in [2.05, 4.69) is 19.2 Å². The van der Waals surface area contributed by atoms with Crippen molar-refractivity contribution in [2.24, 2.45) is 5.92 Å². The quantitative estimate of drug-likeness (QED) is 0.670. The first-order valence-corrected chi connectivity index (χ1v) is 7.87. The van der Waals surface area contributed by atoms with Gasteiger partial charge in [-0.2, -0.15) is 0 Å². The molecule has 3 nitrogen and oxygen atoms in total. The van der Waals surface area contributed by atoms with Crippen molar-refractivity contribution >= 4 is 0 Å². The highest BCUT2D eigenvalue weighted by Gasteiger charge is 2.20. The maximum atomic E-state index is 13.3. The molecule has 0 radical (unpaired) electrons. The minimum absolute atomic E-state index is 0.219. The van der Waals surface area contributed by atoms with E-state index in [4.69, 9.17) is 9.47 Å². The Morgan fingerprint density at radius 1 is 1.24 bits per heavy atom. The number of halogens is 1. The maximum Gasteiger partial charge on any atom is 0.124 e. The molecule has 0 bridgehead atoms. The van der Waals surface area contributed by atoms with Crippen LogP contribution in [0.2, 0.25) is 0 Å². The molecule has 0 aromatic heterocycles. The second kappa shape index (κ2) is 8.35. The average Bonchev–Trinajstić information content (AvgIpc) is 3.26. The molecule has 118 valence electrons. The lowest BCUT2D eigenvalue weighted by Gasteiger charge is -2.13. The molecule has 0 aliphatic heterocycles. The molecule has 1 N–H and O–H groups in total. The van der Waals surface area contributed by atoms with Crippen LogP contribution in [0.15, 0.2) is 18.2 Å². The zero-order chi connectivity index (χ0) is 15.1. The fourth-order valence-electron chi connectivity index (χ4n) is 2.00. The molecule has 0 atom stereocenters. The van der Waals surface area contributed by atoms with E-state index in [9.17, 15) is 4.39 Å². The minimum Gasteiger partial charge on any atom is -0.491 e. The largest absolute Gasteiger partial charge is 0.491 e. The molecule has 1 saturated carbocycles. The van der Waals surface area contributed by atoms with Crippen molar-refractivity contribution in [2.45, 2.75) is 45.7 Å². The van der Waals surface area contributed by atoms with E-state index in [1.165, 1.54) is 18.9 Å². The minimum atomic E-state index is -0.219. The van der Waals surface area contributed by atoms with Crippen molar-refractivity contribution in [3.8, 4) is 5.75 Å². The third kappa shape index (κ3) is 6.44. The molecule has 1 aromatic rings. The molecule has 0 amide bonds. The molecule has 1 aliphatic rings. The van der Waals surface area contributed by atoms with E-state index in [1.54, 1.807) is 12.1 Å². The summed E-state index contributed by atoms with van der Waals surface area (Å²) in [6.07, 6.45) is 3.50. The zero-order valence-corrected chi connectivity index (χ0v) is 13.0. The van der Waals surface area contributed by atoms with E-state index >= 15 is 0 Å². The predicted octanol–water partition coefficient (Wildman–Crippen LogP) is 3.52. The molecule has 0 saturated heterocycles. The molecular formula is C17H26FNO2. The van der Waals surface area contributed by atoms with Crippen molar-refractivity contribution in [3.05, 3.63) is 29.6 Å². The van der Waals surface area contributed by atoms with Gasteiger partial charge in [-0.15, -0.1) is 0 Å². The van der Waals surface area contributed by atoms with Gasteiger partial charge in [-0.25, -0.2) is 4.39 Å². The Bertz CT molecular complexity index is 433. The van der Waals surface area contributed by atoms with Gasteiger partial charge in [0, 0.05) is 24.8 Å². The van der Waals surface area contributed by atoms with Gasteiger partial charge in [-0.1, -0.05) is 13.8 Å². The third-order valence-electron chi connectivity index (χ3n) is 3.51. The Kier molecular flexibility index (Phi) is 6.46. The fraction of sp³-hybridized carbons (Fsp3) is 0.647. The highest BCUT2D eigenvalue weighted by Crippen LogP contribution is 2.23. The molecule has 0 spiro atoms. The van der Waals surface area contributed by atoms with Crippen LogP contribution < -0.4 is 10.1 Å². The van der Waals surface area contributed by atoms with E-state index in [0.717, 1.165) is 24.3 Å². The Balaban J connectivity index is 1.73. The van der Waals surface area contributed by atoms with Gasteiger partial charge in [-0.3, -0.25) is 0 Å². The summed E-state index contributed by atoms with van der Waals surface area (Å²) in [6.45, 7) is 6.85. The summed E-state index contributed by atoms with van der Waals surface area (Å²) in [5.41, 5.74) is 0.879. The van der Waals surface area contributed by atoms with Crippen LogP contribution in [-0.2, 0) is 11.3 Å². The zero-order valence-electron chi connectivity index (χ0n) is 13.0. The second-order valence-electron chi connectivity index (χ2n) is 6.05. The average molecular weight is 295 g/mol. The van der Waals surface area contributed by atoms with Crippen LogP contribution in [0, 0.1) is 11.7 Å². The Labute approximate surface area is 126 Å². The van der Waals surface area contributed by atoms with Crippen LogP contribution in [0.25, 0.3) is 0 Å². The number of nitrogens with one attached hydrogen (secondary N) is 1. The number of hydrogen-bond donors (Lipinski definition) is 1. The van der Waals surface area contributed by atoms with Gasteiger partial charge in [0.15, 0.2) is 0 Å². The monoisotopic (exact) mass is 295 g/mol. The van der Waals surface area contributed by atoms with Crippen LogP contribution in [0.3, 0.4) is 0 Å². The predicted molar refractivity (Wildman–Crippen MR) is 82.0 cm³/mol. The second-order valence-corrected chi connectivity index (χ2v) is 6.05. The lowest BCUT2D eigenvalue weighted by molar-refractivity contribution is 0.0922. The maximum absolute atomic E-state index is 13.3. The molecule has 0 unspecified atom stereocenters. The highest BCUT2D eigenvalue weighted by molar-refractivity contribution is 5.34. The molecular weight excluding hydrogens is 269 g/mol. The molecule has 4 heteroatoms. The van der Waals surface area contributed by atoms with E-state index < -0.39 is 0 Å². The first kappa shape index (κ1) is 16.2. The van der Waals surface area contributed by atoms with Crippen LogP contribution in [-0.4, -0.2) is 25.9 Å². The summed E-state index contributed by atoms with van der Waals surface area (Å²) in [6, 6.07) is 5.29. The smallest absolute Gasteiger partial charge is 0.124 e. The topological polar surface area (TPSA) is 30.5 Å². The van der Waals surface area contributed by atoms with Crippen LogP contribution in [0.5, 0.6) is 5.75 Å². The Morgan fingerprint density at radius 2 is 2.05 bits per heavy atom. The SMILES string of the molecule is CC(C)CCOCCOc1ccc(F)cc1CNC1CC1. The van der Waals surface area contributed by atoms with E-state index in [1.807, 2.05) is 0 Å². The number of ether oxygens (including phenoxy) is 2. The van der Waals surface area contributed by atoms with Crippen molar-refractivity contribution in [2.75, 3.05) is 19.8 Å². The first-order chi connectivity index (χ1) is 10.1. The summed E-state index contributed by atoms with van der Waals surface area (Å²) < 4.78 is 24.6. The summed E-state index contributed by atoms with van der Waals surface area (Å²) in [4.78, 5) is 0. The Hall–Kier alpha value is -1.13. The van der Waals surface area contributed by atoms with Gasteiger partial charge < -0.3 is 14.8 Å². The van der Waals surface area contributed by atoms with Crippen molar-refractivity contribution in [3.63, 3.8) is 0 Å². The first-order valence-electron chi connectivity index (χ1n) is 7.87. The van der Waals surface area contributed by atoms with E-state index in [-0.39, 0.29) is 5.82 Å². The van der Waals surface area contributed by atoms with E-state index in [0.29, 0.717) is 31.7 Å². The molecule has 2 rings (SSSR count).